The SMILES string of the molecule is CCNC(=NCc1ccc(C)cc1OC)NCCCN(C)S(=O)(=O)CC.I. The quantitative estimate of drug-likeness (QED) is 0.218. The molecule has 0 heterocycles. The number of nitrogens with one attached hydrogen (secondary N) is 2. The fourth-order valence-electron chi connectivity index (χ4n) is 2.36. The van der Waals surface area contributed by atoms with Crippen LogP contribution >= 0.6 is 24.0 Å². The maximum atomic E-state index is 11.7. The maximum Gasteiger partial charge on any atom is 0.213 e. The molecule has 7 nitrogen and oxygen atoms in total. The molecule has 0 radical (unpaired) electrons. The Bertz CT molecular complexity index is 696. The molecule has 0 aliphatic heterocycles. The normalized spacial score (nSPS) is 11.9. The molecule has 1 rings (SSSR count). The van der Waals surface area contributed by atoms with Crippen molar-refractivity contribution in [3.05, 3.63) is 29.3 Å². The molecular formula is C18H33IN4O3S. The lowest BCUT2D eigenvalue weighted by molar-refractivity contribution is 0.409. The van der Waals surface area contributed by atoms with E-state index in [2.05, 4.69) is 15.6 Å². The van der Waals surface area contributed by atoms with E-state index >= 15 is 0 Å². The van der Waals surface area contributed by atoms with Gasteiger partial charge in [0.25, 0.3) is 0 Å². The molecule has 0 spiro atoms. The fraction of sp³-hybridized carbons (Fsp3) is 0.611. The van der Waals surface area contributed by atoms with E-state index < -0.39 is 10.0 Å². The zero-order valence-electron chi connectivity index (χ0n) is 16.9. The van der Waals surface area contributed by atoms with Gasteiger partial charge in [0, 0.05) is 32.2 Å². The summed E-state index contributed by atoms with van der Waals surface area (Å²) in [5, 5.41) is 6.44. The van der Waals surface area contributed by atoms with Gasteiger partial charge in [0.2, 0.25) is 10.0 Å². The number of halogens is 1. The summed E-state index contributed by atoms with van der Waals surface area (Å²) in [6.07, 6.45) is 0.702. The molecule has 0 unspecified atom stereocenters. The summed E-state index contributed by atoms with van der Waals surface area (Å²) >= 11 is 0. The van der Waals surface area contributed by atoms with Crippen LogP contribution in [0.4, 0.5) is 0 Å². The van der Waals surface area contributed by atoms with Crippen LogP contribution in [0.3, 0.4) is 0 Å². The number of benzene rings is 1. The third-order valence-corrected chi connectivity index (χ3v) is 5.84. The van der Waals surface area contributed by atoms with E-state index in [0.29, 0.717) is 32.0 Å². The van der Waals surface area contributed by atoms with Crippen molar-refractivity contribution in [2.24, 2.45) is 4.99 Å². The van der Waals surface area contributed by atoms with Crippen molar-refractivity contribution < 1.29 is 13.2 Å². The molecule has 0 atom stereocenters. The average molecular weight is 512 g/mol. The third-order valence-electron chi connectivity index (χ3n) is 3.98. The summed E-state index contributed by atoms with van der Waals surface area (Å²) in [5.41, 5.74) is 2.16. The van der Waals surface area contributed by atoms with E-state index in [4.69, 9.17) is 4.74 Å². The number of hydrogen-bond acceptors (Lipinski definition) is 4. The van der Waals surface area contributed by atoms with Crippen molar-refractivity contribution in [1.82, 2.24) is 14.9 Å². The Morgan fingerprint density at radius 2 is 1.96 bits per heavy atom. The van der Waals surface area contributed by atoms with Crippen LogP contribution in [-0.4, -0.2) is 58.2 Å². The minimum atomic E-state index is -3.12. The lowest BCUT2D eigenvalue weighted by Gasteiger charge is -2.17. The van der Waals surface area contributed by atoms with Gasteiger partial charge in [0.05, 0.1) is 19.4 Å². The van der Waals surface area contributed by atoms with E-state index in [1.807, 2.05) is 32.0 Å². The van der Waals surface area contributed by atoms with Crippen LogP contribution in [0.25, 0.3) is 0 Å². The average Bonchev–Trinajstić information content (AvgIpc) is 2.63. The molecule has 0 saturated carbocycles. The van der Waals surface area contributed by atoms with Gasteiger partial charge < -0.3 is 15.4 Å². The third kappa shape index (κ3) is 9.11. The summed E-state index contributed by atoms with van der Waals surface area (Å²) in [4.78, 5) is 4.59. The molecule has 0 saturated heterocycles. The highest BCUT2D eigenvalue weighted by Gasteiger charge is 2.14. The zero-order chi connectivity index (χ0) is 19.6. The highest BCUT2D eigenvalue weighted by Crippen LogP contribution is 2.20. The van der Waals surface area contributed by atoms with Gasteiger partial charge in [0.15, 0.2) is 5.96 Å². The Morgan fingerprint density at radius 1 is 1.26 bits per heavy atom. The molecule has 2 N–H and O–H groups in total. The van der Waals surface area contributed by atoms with Crippen molar-refractivity contribution in [3.8, 4) is 5.75 Å². The number of rotatable bonds is 10. The van der Waals surface area contributed by atoms with Crippen LogP contribution < -0.4 is 15.4 Å². The van der Waals surface area contributed by atoms with Crippen LogP contribution in [0.2, 0.25) is 0 Å². The monoisotopic (exact) mass is 512 g/mol. The molecule has 0 bridgehead atoms. The first-order valence-electron chi connectivity index (χ1n) is 8.93. The second-order valence-corrected chi connectivity index (χ2v) is 8.38. The molecule has 0 aromatic heterocycles. The van der Waals surface area contributed by atoms with Crippen LogP contribution in [-0.2, 0) is 16.6 Å². The largest absolute Gasteiger partial charge is 0.496 e. The summed E-state index contributed by atoms with van der Waals surface area (Å²) in [7, 11) is 0.151. The van der Waals surface area contributed by atoms with Gasteiger partial charge in [-0.2, -0.15) is 0 Å². The number of hydrogen-bond donors (Lipinski definition) is 2. The first kappa shape index (κ1) is 25.9. The number of aliphatic imine (C=N–C) groups is 1. The molecule has 0 amide bonds. The molecule has 156 valence electrons. The Kier molecular flexibility index (Phi) is 12.6. The number of nitrogens with zero attached hydrogens (tertiary/aromatic N) is 2. The number of aryl methyl sites for hydroxylation is 1. The number of sulfonamides is 1. The predicted molar refractivity (Wildman–Crippen MR) is 123 cm³/mol. The zero-order valence-corrected chi connectivity index (χ0v) is 20.1. The summed E-state index contributed by atoms with van der Waals surface area (Å²) in [6, 6.07) is 6.05. The minimum Gasteiger partial charge on any atom is -0.496 e. The van der Waals surface area contributed by atoms with Gasteiger partial charge in [-0.25, -0.2) is 17.7 Å². The summed E-state index contributed by atoms with van der Waals surface area (Å²) < 4.78 is 30.3. The standard InChI is InChI=1S/C18H32N4O3S.HI/c1-6-19-18(20-11-8-12-22(4)26(23,24)7-2)21-14-16-10-9-15(3)13-17(16)25-5;/h9-10,13H,6-8,11-12,14H2,1-5H3,(H2,19,20,21);1H. The summed E-state index contributed by atoms with van der Waals surface area (Å²) in [5.74, 6) is 1.66. The Balaban J connectivity index is 0.00000676. The molecule has 1 aromatic carbocycles. The Hall–Kier alpha value is -1.07. The van der Waals surface area contributed by atoms with Crippen LogP contribution in [0.15, 0.2) is 23.2 Å². The molecule has 0 aliphatic rings. The van der Waals surface area contributed by atoms with Gasteiger partial charge in [-0.05, 0) is 38.8 Å². The highest BCUT2D eigenvalue weighted by molar-refractivity contribution is 14.0. The smallest absolute Gasteiger partial charge is 0.213 e. The lowest BCUT2D eigenvalue weighted by atomic mass is 10.1. The minimum absolute atomic E-state index is 0. The van der Waals surface area contributed by atoms with Crippen LogP contribution in [0.5, 0.6) is 5.75 Å². The molecule has 1 aromatic rings. The van der Waals surface area contributed by atoms with Crippen molar-refractivity contribution in [2.45, 2.75) is 33.7 Å². The van der Waals surface area contributed by atoms with Crippen LogP contribution in [0, 0.1) is 6.92 Å². The molecule has 27 heavy (non-hydrogen) atoms. The predicted octanol–water partition coefficient (Wildman–Crippen LogP) is 2.35. The lowest BCUT2D eigenvalue weighted by Crippen LogP contribution is -2.39. The van der Waals surface area contributed by atoms with E-state index in [1.165, 1.54) is 4.31 Å². The number of methoxy groups -OCH3 is 1. The van der Waals surface area contributed by atoms with E-state index in [-0.39, 0.29) is 29.7 Å². The van der Waals surface area contributed by atoms with Crippen molar-refractivity contribution in [3.63, 3.8) is 0 Å². The molecular weight excluding hydrogens is 479 g/mol. The van der Waals surface area contributed by atoms with Gasteiger partial charge in [-0.3, -0.25) is 0 Å². The number of ether oxygens (including phenoxy) is 1. The van der Waals surface area contributed by atoms with E-state index in [0.717, 1.165) is 23.4 Å². The van der Waals surface area contributed by atoms with Gasteiger partial charge in [-0.15, -0.1) is 24.0 Å². The van der Waals surface area contributed by atoms with Gasteiger partial charge in [-0.1, -0.05) is 12.1 Å². The van der Waals surface area contributed by atoms with Gasteiger partial charge >= 0.3 is 0 Å². The van der Waals surface area contributed by atoms with Gasteiger partial charge in [0.1, 0.15) is 5.75 Å². The molecule has 0 fully saturated rings. The highest BCUT2D eigenvalue weighted by atomic mass is 127. The van der Waals surface area contributed by atoms with E-state index in [9.17, 15) is 8.42 Å². The van der Waals surface area contributed by atoms with Crippen LogP contribution in [0.1, 0.15) is 31.4 Å². The number of guanidine groups is 1. The first-order chi connectivity index (χ1) is 12.3. The van der Waals surface area contributed by atoms with E-state index in [1.54, 1.807) is 21.1 Å². The summed E-state index contributed by atoms with van der Waals surface area (Å²) in [6.45, 7) is 8.06. The topological polar surface area (TPSA) is 83.0 Å². The van der Waals surface area contributed by atoms with Crippen molar-refractivity contribution in [1.29, 1.82) is 0 Å². The first-order valence-corrected chi connectivity index (χ1v) is 10.5. The van der Waals surface area contributed by atoms with Crippen molar-refractivity contribution in [2.75, 3.05) is 39.5 Å². The Labute approximate surface area is 181 Å². The second kappa shape index (κ2) is 13.2. The molecule has 0 aliphatic carbocycles. The fourth-order valence-corrected chi connectivity index (χ4v) is 3.20. The van der Waals surface area contributed by atoms with Crippen molar-refractivity contribution >= 4 is 40.0 Å². The second-order valence-electron chi connectivity index (χ2n) is 6.01. The maximum absolute atomic E-state index is 11.7. The Morgan fingerprint density at radius 3 is 2.56 bits per heavy atom. The molecule has 9 heteroatoms.